The molecule has 0 amide bonds. The molecule has 1 aromatic heterocycles. The van der Waals surface area contributed by atoms with E-state index in [0.717, 1.165) is 12.2 Å². The minimum atomic E-state index is 0.292. The molecular weight excluding hydrogens is 258 g/mol. The van der Waals surface area contributed by atoms with Crippen molar-refractivity contribution < 1.29 is 0 Å². The van der Waals surface area contributed by atoms with Gasteiger partial charge in [0.25, 0.3) is 0 Å². The monoisotopic (exact) mass is 285 g/mol. The predicted molar refractivity (Wildman–Crippen MR) is 88.5 cm³/mol. The maximum Gasteiger partial charge on any atom is 0.0644 e. The van der Waals surface area contributed by atoms with E-state index < -0.39 is 0 Å². The fraction of sp³-hybridized carbons (Fsp3) is 0.500. The molecule has 0 saturated heterocycles. The average Bonchev–Trinajstić information content (AvgIpc) is 2.73. The number of aromatic nitrogens is 2. The van der Waals surface area contributed by atoms with Gasteiger partial charge in [-0.15, -0.1) is 0 Å². The summed E-state index contributed by atoms with van der Waals surface area (Å²) in [4.78, 5) is 0. The van der Waals surface area contributed by atoms with E-state index in [4.69, 9.17) is 0 Å². The quantitative estimate of drug-likeness (QED) is 0.890. The molecule has 1 unspecified atom stereocenters. The van der Waals surface area contributed by atoms with Crippen molar-refractivity contribution in [3.8, 4) is 0 Å². The summed E-state index contributed by atoms with van der Waals surface area (Å²) in [5.41, 5.74) is 6.37. The molecule has 1 aromatic carbocycles. The molecule has 2 aromatic rings. The largest absolute Gasteiger partial charge is 0.304 e. The van der Waals surface area contributed by atoms with Gasteiger partial charge in [0, 0.05) is 29.9 Å². The number of aryl methyl sites for hydroxylation is 3. The summed E-state index contributed by atoms with van der Waals surface area (Å²) in [7, 11) is 0. The van der Waals surface area contributed by atoms with E-state index in [9.17, 15) is 0 Å². The van der Waals surface area contributed by atoms with E-state index in [1.165, 1.54) is 22.4 Å². The van der Waals surface area contributed by atoms with Gasteiger partial charge in [-0.2, -0.15) is 5.10 Å². The first kappa shape index (κ1) is 15.8. The van der Waals surface area contributed by atoms with Crippen molar-refractivity contribution in [2.45, 2.75) is 60.2 Å². The van der Waals surface area contributed by atoms with Crippen LogP contribution < -0.4 is 5.32 Å². The molecule has 114 valence electrons. The second-order valence-corrected chi connectivity index (χ2v) is 5.92. The molecular formula is C18H27N3. The van der Waals surface area contributed by atoms with Crippen LogP contribution in [0.3, 0.4) is 0 Å². The van der Waals surface area contributed by atoms with Crippen molar-refractivity contribution in [3.05, 3.63) is 52.3 Å². The van der Waals surface area contributed by atoms with Gasteiger partial charge in [-0.25, -0.2) is 0 Å². The Morgan fingerprint density at radius 1 is 1.14 bits per heavy atom. The molecule has 0 bridgehead atoms. The average molecular weight is 285 g/mol. The van der Waals surface area contributed by atoms with Crippen molar-refractivity contribution in [2.75, 3.05) is 0 Å². The molecule has 1 N–H and O–H groups in total. The zero-order valence-electron chi connectivity index (χ0n) is 14.1. The summed E-state index contributed by atoms with van der Waals surface area (Å²) in [6.07, 6.45) is 0. The Bertz CT molecular complexity index is 613. The van der Waals surface area contributed by atoms with Crippen LogP contribution in [0.1, 0.15) is 60.9 Å². The first-order valence-corrected chi connectivity index (χ1v) is 7.80. The Labute approximate surface area is 128 Å². The molecule has 3 heteroatoms. The molecule has 21 heavy (non-hydrogen) atoms. The molecule has 1 heterocycles. The molecule has 0 aliphatic carbocycles. The fourth-order valence-corrected chi connectivity index (χ4v) is 3.14. The summed E-state index contributed by atoms with van der Waals surface area (Å²) < 4.78 is 2.08. The summed E-state index contributed by atoms with van der Waals surface area (Å²) in [5.74, 6) is 0. The second kappa shape index (κ2) is 6.44. The number of rotatable bonds is 5. The Morgan fingerprint density at radius 3 is 2.43 bits per heavy atom. The smallest absolute Gasteiger partial charge is 0.0644 e. The van der Waals surface area contributed by atoms with E-state index >= 15 is 0 Å². The third kappa shape index (κ3) is 3.35. The predicted octanol–water partition coefficient (Wildman–Crippen LogP) is 4.24. The van der Waals surface area contributed by atoms with Crippen molar-refractivity contribution >= 4 is 0 Å². The number of nitrogens with zero attached hydrogens (tertiary/aromatic N) is 2. The second-order valence-electron chi connectivity index (χ2n) is 5.92. The highest BCUT2D eigenvalue weighted by Gasteiger charge is 2.19. The van der Waals surface area contributed by atoms with Gasteiger partial charge in [0.15, 0.2) is 0 Å². The first-order valence-electron chi connectivity index (χ1n) is 7.80. The van der Waals surface area contributed by atoms with Crippen molar-refractivity contribution in [2.24, 2.45) is 0 Å². The summed E-state index contributed by atoms with van der Waals surface area (Å²) in [6.45, 7) is 13.9. The van der Waals surface area contributed by atoms with Gasteiger partial charge in [0.2, 0.25) is 0 Å². The van der Waals surface area contributed by atoms with Crippen molar-refractivity contribution in [1.29, 1.82) is 0 Å². The number of hydrogen-bond donors (Lipinski definition) is 1. The zero-order chi connectivity index (χ0) is 15.6. The third-order valence-electron chi connectivity index (χ3n) is 4.21. The van der Waals surface area contributed by atoms with Gasteiger partial charge in [-0.3, -0.25) is 4.68 Å². The minimum absolute atomic E-state index is 0.292. The summed E-state index contributed by atoms with van der Waals surface area (Å²) >= 11 is 0. The molecule has 0 aliphatic rings. The zero-order valence-corrected chi connectivity index (χ0v) is 14.1. The van der Waals surface area contributed by atoms with Crippen LogP contribution in [0.25, 0.3) is 0 Å². The molecule has 0 aliphatic heterocycles. The topological polar surface area (TPSA) is 29.9 Å². The van der Waals surface area contributed by atoms with Crippen LogP contribution >= 0.6 is 0 Å². The van der Waals surface area contributed by atoms with Gasteiger partial charge < -0.3 is 5.32 Å². The maximum atomic E-state index is 4.62. The lowest BCUT2D eigenvalue weighted by atomic mass is 10.0. The molecule has 2 rings (SSSR count). The lowest BCUT2D eigenvalue weighted by Crippen LogP contribution is -2.23. The van der Waals surface area contributed by atoms with E-state index in [-0.39, 0.29) is 0 Å². The lowest BCUT2D eigenvalue weighted by Gasteiger charge is -2.21. The van der Waals surface area contributed by atoms with Crippen LogP contribution in [0.4, 0.5) is 0 Å². The van der Waals surface area contributed by atoms with Gasteiger partial charge >= 0.3 is 0 Å². The SMILES string of the molecule is CCn1nc(C)c(C(C)N[C@H](C)c2cccc(C)c2)c1C. The first-order chi connectivity index (χ1) is 9.93. The highest BCUT2D eigenvalue weighted by atomic mass is 15.3. The molecule has 0 spiro atoms. The van der Waals surface area contributed by atoms with Gasteiger partial charge in [0.05, 0.1) is 5.69 Å². The third-order valence-corrected chi connectivity index (χ3v) is 4.21. The van der Waals surface area contributed by atoms with Crippen LogP contribution in [0.15, 0.2) is 24.3 Å². The fourth-order valence-electron chi connectivity index (χ4n) is 3.14. The van der Waals surface area contributed by atoms with Gasteiger partial charge in [-0.1, -0.05) is 29.8 Å². The Kier molecular flexibility index (Phi) is 4.84. The Hall–Kier alpha value is -1.61. The van der Waals surface area contributed by atoms with Crippen molar-refractivity contribution in [3.63, 3.8) is 0 Å². The molecule has 0 saturated carbocycles. The molecule has 2 atom stereocenters. The lowest BCUT2D eigenvalue weighted by molar-refractivity contribution is 0.490. The van der Waals surface area contributed by atoms with Crippen LogP contribution in [-0.4, -0.2) is 9.78 Å². The van der Waals surface area contributed by atoms with Crippen LogP contribution in [0, 0.1) is 20.8 Å². The maximum absolute atomic E-state index is 4.62. The van der Waals surface area contributed by atoms with Gasteiger partial charge in [0.1, 0.15) is 0 Å². The summed E-state index contributed by atoms with van der Waals surface area (Å²) in [5, 5.41) is 8.33. The minimum Gasteiger partial charge on any atom is -0.304 e. The number of nitrogens with one attached hydrogen (secondary N) is 1. The van der Waals surface area contributed by atoms with Crippen LogP contribution in [0.2, 0.25) is 0 Å². The number of hydrogen-bond acceptors (Lipinski definition) is 2. The standard InChI is InChI=1S/C18H27N3/c1-7-21-16(6)18(15(5)20-21)14(4)19-13(3)17-10-8-9-12(2)11-17/h8-11,13-14,19H,7H2,1-6H3/t13-,14?/m1/s1. The van der Waals surface area contributed by atoms with Crippen molar-refractivity contribution in [1.82, 2.24) is 15.1 Å². The van der Waals surface area contributed by atoms with E-state index in [1.54, 1.807) is 0 Å². The Morgan fingerprint density at radius 2 is 1.86 bits per heavy atom. The van der Waals surface area contributed by atoms with Gasteiger partial charge in [-0.05, 0) is 47.1 Å². The van der Waals surface area contributed by atoms with E-state index in [2.05, 4.69) is 80.9 Å². The van der Waals surface area contributed by atoms with E-state index in [1.807, 2.05) is 0 Å². The van der Waals surface area contributed by atoms with E-state index in [0.29, 0.717) is 12.1 Å². The number of benzene rings is 1. The Balaban J connectivity index is 2.18. The van der Waals surface area contributed by atoms with Crippen LogP contribution in [-0.2, 0) is 6.54 Å². The normalized spacial score (nSPS) is 14.2. The highest BCUT2D eigenvalue weighted by Crippen LogP contribution is 2.25. The summed E-state index contributed by atoms with van der Waals surface area (Å²) in [6, 6.07) is 9.31. The van der Waals surface area contributed by atoms with Crippen LogP contribution in [0.5, 0.6) is 0 Å². The molecule has 0 radical (unpaired) electrons. The highest BCUT2D eigenvalue weighted by molar-refractivity contribution is 5.29. The molecule has 0 fully saturated rings. The molecule has 3 nitrogen and oxygen atoms in total.